The average molecular weight is 536 g/mol. The molecular weight excluding hydrogens is 498 g/mol. The van der Waals surface area contributed by atoms with Crippen molar-refractivity contribution in [2.75, 3.05) is 20.3 Å². The molecule has 1 saturated heterocycles. The minimum absolute atomic E-state index is 0.0480. The van der Waals surface area contributed by atoms with Crippen LogP contribution < -0.4 is 14.8 Å². The number of nitrogens with zero attached hydrogens (tertiary/aromatic N) is 2. The van der Waals surface area contributed by atoms with Crippen LogP contribution in [0, 0.1) is 6.92 Å². The fraction of sp³-hybridized carbons (Fsp3) is 0.467. The van der Waals surface area contributed by atoms with E-state index in [1.807, 2.05) is 37.3 Å². The zero-order chi connectivity index (χ0) is 26.3. The molecule has 3 aromatic rings. The number of carbonyl (C=O) groups is 1. The number of aromatic nitrogens is 2. The van der Waals surface area contributed by atoms with Crippen molar-refractivity contribution >= 4 is 17.2 Å². The van der Waals surface area contributed by atoms with Crippen LogP contribution >= 0.6 is 11.3 Å². The number of thiazole rings is 1. The Morgan fingerprint density at radius 1 is 1.21 bits per heavy atom. The van der Waals surface area contributed by atoms with E-state index in [0.717, 1.165) is 66.0 Å². The molecule has 2 aromatic heterocycles. The minimum Gasteiger partial charge on any atom is -0.497 e. The Morgan fingerprint density at radius 2 is 2.05 bits per heavy atom. The van der Waals surface area contributed by atoms with Crippen molar-refractivity contribution in [3.05, 3.63) is 63.6 Å². The second-order valence-corrected chi connectivity index (χ2v) is 10.9. The summed E-state index contributed by atoms with van der Waals surface area (Å²) in [7, 11) is 1.65. The van der Waals surface area contributed by atoms with Crippen molar-refractivity contribution in [3.8, 4) is 22.9 Å². The van der Waals surface area contributed by atoms with Crippen LogP contribution in [0.25, 0.3) is 11.4 Å². The van der Waals surface area contributed by atoms with Gasteiger partial charge < -0.3 is 24.1 Å². The molecule has 1 N–H and O–H groups in total. The third-order valence-corrected chi connectivity index (χ3v) is 8.23. The summed E-state index contributed by atoms with van der Waals surface area (Å²) < 4.78 is 19.1. The van der Waals surface area contributed by atoms with E-state index < -0.39 is 0 Å². The molecule has 0 saturated carbocycles. The zero-order valence-electron chi connectivity index (χ0n) is 22.3. The van der Waals surface area contributed by atoms with Gasteiger partial charge in [0.2, 0.25) is 0 Å². The molecule has 1 aliphatic heterocycles. The van der Waals surface area contributed by atoms with E-state index in [1.54, 1.807) is 18.4 Å². The molecule has 8 heteroatoms. The normalized spacial score (nSPS) is 17.3. The molecule has 1 amide bonds. The van der Waals surface area contributed by atoms with E-state index in [-0.39, 0.29) is 12.0 Å². The molecule has 0 bridgehead atoms. The average Bonchev–Trinajstić information content (AvgIpc) is 3.71. The maximum absolute atomic E-state index is 13.2. The second kappa shape index (κ2) is 12.6. The highest BCUT2D eigenvalue weighted by Gasteiger charge is 2.22. The Morgan fingerprint density at radius 3 is 2.79 bits per heavy atom. The predicted octanol–water partition coefficient (Wildman–Crippen LogP) is 6.31. The molecule has 0 spiro atoms. The molecule has 3 heterocycles. The highest BCUT2D eigenvalue weighted by molar-refractivity contribution is 7.09. The van der Waals surface area contributed by atoms with Gasteiger partial charge in [-0.25, -0.2) is 4.98 Å². The topological polar surface area (TPSA) is 74.6 Å². The Hall–Kier alpha value is -3.10. The fourth-order valence-corrected chi connectivity index (χ4v) is 5.88. The molecule has 1 fully saturated rings. The van der Waals surface area contributed by atoms with E-state index >= 15 is 0 Å². The number of nitrogens with one attached hydrogen (secondary N) is 1. The molecule has 1 aromatic carbocycles. The summed E-state index contributed by atoms with van der Waals surface area (Å²) in [6.45, 7) is 4.60. The van der Waals surface area contributed by atoms with Gasteiger partial charge in [0.05, 0.1) is 30.2 Å². The van der Waals surface area contributed by atoms with Gasteiger partial charge >= 0.3 is 0 Å². The third kappa shape index (κ3) is 6.48. The molecule has 1 unspecified atom stereocenters. The van der Waals surface area contributed by atoms with E-state index in [2.05, 4.69) is 21.3 Å². The summed E-state index contributed by atoms with van der Waals surface area (Å²) in [5, 5.41) is 6.05. The Bertz CT molecular complexity index is 1260. The molecule has 7 nitrogen and oxygen atoms in total. The molecule has 2 aliphatic rings. The number of carbonyl (C=O) groups excluding carboxylic acids is 1. The van der Waals surface area contributed by atoms with Gasteiger partial charge in [-0.2, -0.15) is 0 Å². The van der Waals surface area contributed by atoms with Gasteiger partial charge in [0.1, 0.15) is 23.1 Å². The Kier molecular flexibility index (Phi) is 8.81. The first-order chi connectivity index (χ1) is 18.6. The molecular formula is C30H37N3O4S. The predicted molar refractivity (Wildman–Crippen MR) is 150 cm³/mol. The number of benzene rings is 1. The van der Waals surface area contributed by atoms with Gasteiger partial charge in [-0.15, -0.1) is 11.3 Å². The smallest absolute Gasteiger partial charge is 0.253 e. The third-order valence-electron chi connectivity index (χ3n) is 7.40. The van der Waals surface area contributed by atoms with Crippen molar-refractivity contribution in [1.29, 1.82) is 0 Å². The highest BCUT2D eigenvalue weighted by atomic mass is 32.1. The quantitative estimate of drug-likeness (QED) is 0.291. The number of rotatable bonds is 11. The van der Waals surface area contributed by atoms with E-state index in [0.29, 0.717) is 18.7 Å². The SMILES string of the molecule is COc1ccc(OCc2nc(-c3cc(C(=O)NCC4CCCO4)c(C)n3CCC3=CCCCC3)cs2)cc1. The van der Waals surface area contributed by atoms with Gasteiger partial charge in [-0.05, 0) is 82.2 Å². The van der Waals surface area contributed by atoms with Gasteiger partial charge in [-0.3, -0.25) is 4.79 Å². The zero-order valence-corrected chi connectivity index (χ0v) is 23.1. The summed E-state index contributed by atoms with van der Waals surface area (Å²) in [5.41, 5.74) is 5.06. The van der Waals surface area contributed by atoms with Crippen LogP contribution in [0.3, 0.4) is 0 Å². The van der Waals surface area contributed by atoms with Gasteiger partial charge in [-0.1, -0.05) is 11.6 Å². The first-order valence-electron chi connectivity index (χ1n) is 13.6. The van der Waals surface area contributed by atoms with E-state index in [1.165, 1.54) is 31.3 Å². The van der Waals surface area contributed by atoms with Crippen LogP contribution in [0.5, 0.6) is 11.5 Å². The number of allylic oxidation sites excluding steroid dienone is 2. The van der Waals surface area contributed by atoms with Crippen LogP contribution in [-0.2, 0) is 17.9 Å². The van der Waals surface area contributed by atoms with Crippen molar-refractivity contribution in [2.24, 2.45) is 0 Å². The summed E-state index contributed by atoms with van der Waals surface area (Å²) in [6.07, 6.45) is 10.5. The maximum atomic E-state index is 13.2. The molecule has 202 valence electrons. The standard InChI is InChI=1S/C30H37N3O4S/c1-21-26(30(34)31-18-25-9-6-16-36-25)17-28(33(21)15-14-22-7-4-3-5-8-22)27-20-38-29(32-27)19-37-24-12-10-23(35-2)11-13-24/h7,10-13,17,20,25H,3-6,8-9,14-16,18-19H2,1-2H3,(H,31,34). The van der Waals surface area contributed by atoms with Crippen molar-refractivity contribution < 1.29 is 19.0 Å². The van der Waals surface area contributed by atoms with Crippen LogP contribution in [0.1, 0.15) is 66.0 Å². The highest BCUT2D eigenvalue weighted by Crippen LogP contribution is 2.30. The van der Waals surface area contributed by atoms with Crippen LogP contribution in [0.2, 0.25) is 0 Å². The molecule has 0 radical (unpaired) electrons. The largest absolute Gasteiger partial charge is 0.497 e. The summed E-state index contributed by atoms with van der Waals surface area (Å²) in [4.78, 5) is 18.1. The van der Waals surface area contributed by atoms with Crippen molar-refractivity contribution in [3.63, 3.8) is 0 Å². The monoisotopic (exact) mass is 535 g/mol. The fourth-order valence-electron chi connectivity index (χ4n) is 5.18. The van der Waals surface area contributed by atoms with Crippen molar-refractivity contribution in [1.82, 2.24) is 14.9 Å². The van der Waals surface area contributed by atoms with Gasteiger partial charge in [0.15, 0.2) is 0 Å². The first-order valence-corrected chi connectivity index (χ1v) is 14.5. The van der Waals surface area contributed by atoms with Crippen molar-refractivity contribution in [2.45, 2.75) is 71.1 Å². The number of hydrogen-bond donors (Lipinski definition) is 1. The molecule has 1 atom stereocenters. The van der Waals surface area contributed by atoms with Crippen LogP contribution in [0.15, 0.2) is 47.4 Å². The van der Waals surface area contributed by atoms with E-state index in [9.17, 15) is 4.79 Å². The first kappa shape index (κ1) is 26.5. The number of hydrogen-bond acceptors (Lipinski definition) is 6. The maximum Gasteiger partial charge on any atom is 0.253 e. The number of amides is 1. The van der Waals surface area contributed by atoms with Crippen LogP contribution in [0.4, 0.5) is 0 Å². The van der Waals surface area contributed by atoms with E-state index in [4.69, 9.17) is 19.2 Å². The molecule has 38 heavy (non-hydrogen) atoms. The lowest BCUT2D eigenvalue weighted by atomic mass is 9.97. The van der Waals surface area contributed by atoms with Crippen LogP contribution in [-0.4, -0.2) is 41.8 Å². The lowest BCUT2D eigenvalue weighted by Crippen LogP contribution is -2.32. The second-order valence-electron chi connectivity index (χ2n) is 9.97. The van der Waals surface area contributed by atoms with Gasteiger partial charge in [0, 0.05) is 30.8 Å². The molecule has 1 aliphatic carbocycles. The summed E-state index contributed by atoms with van der Waals surface area (Å²) >= 11 is 1.57. The number of ether oxygens (including phenoxy) is 3. The summed E-state index contributed by atoms with van der Waals surface area (Å²) in [5.74, 6) is 1.52. The number of methoxy groups -OCH3 is 1. The Labute approximate surface area is 228 Å². The lowest BCUT2D eigenvalue weighted by molar-refractivity contribution is 0.0857. The molecule has 5 rings (SSSR count). The van der Waals surface area contributed by atoms with Gasteiger partial charge in [0.25, 0.3) is 5.91 Å². The summed E-state index contributed by atoms with van der Waals surface area (Å²) in [6, 6.07) is 9.54. The minimum atomic E-state index is -0.0480. The Balaban J connectivity index is 1.33. The lowest BCUT2D eigenvalue weighted by Gasteiger charge is -2.16.